The van der Waals surface area contributed by atoms with Crippen LogP contribution in [-0.4, -0.2) is 53.7 Å². The van der Waals surface area contributed by atoms with E-state index in [1.54, 1.807) is 4.90 Å². The van der Waals surface area contributed by atoms with E-state index in [4.69, 9.17) is 4.74 Å². The fourth-order valence-corrected chi connectivity index (χ4v) is 7.24. The lowest BCUT2D eigenvalue weighted by Gasteiger charge is -2.24. The van der Waals surface area contributed by atoms with E-state index in [0.29, 0.717) is 36.8 Å². The minimum Gasteiger partial charge on any atom is -0.481 e. The molecule has 35 heavy (non-hydrogen) atoms. The van der Waals surface area contributed by atoms with Crippen molar-refractivity contribution in [3.63, 3.8) is 0 Å². The smallest absolute Gasteiger partial charge is 0.407 e. The summed E-state index contributed by atoms with van der Waals surface area (Å²) in [6.07, 6.45) is 2.54. The Hall–Kier alpha value is -3.35. The van der Waals surface area contributed by atoms with Gasteiger partial charge in [0.1, 0.15) is 12.6 Å². The highest BCUT2D eigenvalue weighted by Crippen LogP contribution is 2.55. The number of likely N-dealkylation sites (tertiary alicyclic amines) is 1. The number of rotatable bonds is 6. The molecule has 0 aromatic heterocycles. The second-order valence-electron chi connectivity index (χ2n) is 10.5. The molecule has 182 valence electrons. The summed E-state index contributed by atoms with van der Waals surface area (Å²) >= 11 is 0. The Labute approximate surface area is 204 Å². The van der Waals surface area contributed by atoms with Gasteiger partial charge in [0.2, 0.25) is 5.91 Å². The number of amides is 2. The maximum absolute atomic E-state index is 13.3. The molecule has 3 aliphatic carbocycles. The molecule has 2 aromatic rings. The zero-order chi connectivity index (χ0) is 24.1. The number of nitrogens with one attached hydrogen (secondary N) is 1. The fourth-order valence-electron chi connectivity index (χ4n) is 7.24. The van der Waals surface area contributed by atoms with E-state index in [0.717, 1.165) is 22.3 Å². The molecular weight excluding hydrogens is 444 g/mol. The quantitative estimate of drug-likeness (QED) is 0.663. The summed E-state index contributed by atoms with van der Waals surface area (Å²) < 4.78 is 5.57. The van der Waals surface area contributed by atoms with Crippen LogP contribution in [-0.2, 0) is 14.3 Å². The lowest BCUT2D eigenvalue weighted by atomic mass is 9.82. The topological polar surface area (TPSA) is 95.9 Å². The van der Waals surface area contributed by atoms with Crippen LogP contribution in [0.4, 0.5) is 4.79 Å². The van der Waals surface area contributed by atoms with Crippen LogP contribution in [0.15, 0.2) is 48.5 Å². The largest absolute Gasteiger partial charge is 0.481 e. The molecule has 3 fully saturated rings. The Morgan fingerprint density at radius 1 is 0.943 bits per heavy atom. The summed E-state index contributed by atoms with van der Waals surface area (Å²) in [6, 6.07) is 15.0. The number of benzene rings is 2. The second kappa shape index (κ2) is 8.70. The maximum atomic E-state index is 13.3. The van der Waals surface area contributed by atoms with Crippen LogP contribution < -0.4 is 5.32 Å². The summed E-state index contributed by atoms with van der Waals surface area (Å²) in [4.78, 5) is 39.3. The van der Waals surface area contributed by atoms with Crippen molar-refractivity contribution in [1.82, 2.24) is 10.2 Å². The van der Waals surface area contributed by atoms with Crippen molar-refractivity contribution < 1.29 is 24.2 Å². The van der Waals surface area contributed by atoms with Crippen LogP contribution in [0.3, 0.4) is 0 Å². The van der Waals surface area contributed by atoms with Gasteiger partial charge in [-0.05, 0) is 65.2 Å². The monoisotopic (exact) mass is 474 g/mol. The minimum atomic E-state index is -1.13. The van der Waals surface area contributed by atoms with Gasteiger partial charge in [0, 0.05) is 19.0 Å². The predicted octanol–water partition coefficient (Wildman–Crippen LogP) is 3.87. The molecule has 2 N–H and O–H groups in total. The number of hydrogen-bond acceptors (Lipinski definition) is 4. The molecule has 2 aromatic carbocycles. The molecular formula is C28H30N2O5. The molecule has 4 aliphatic rings. The van der Waals surface area contributed by atoms with Crippen LogP contribution >= 0.6 is 0 Å². The van der Waals surface area contributed by atoms with E-state index in [9.17, 15) is 19.5 Å². The highest BCUT2D eigenvalue weighted by atomic mass is 16.5. The van der Waals surface area contributed by atoms with Gasteiger partial charge >= 0.3 is 12.1 Å². The lowest BCUT2D eigenvalue weighted by Crippen LogP contribution is -2.49. The lowest BCUT2D eigenvalue weighted by molar-refractivity contribution is -0.142. The first-order valence-corrected chi connectivity index (χ1v) is 12.6. The standard InChI is InChI=1S/C28H30N2O5/c31-26(32)12-25(27(33)30-13-22-16-9-10-17(11-16)23(22)14-30)29-28(34)35-15-24-20-7-3-1-5-18(20)19-6-2-4-8-21(19)24/h1-8,16-17,22-25H,9-15H2,(H,29,34)(H,31,32)/t16?,17?,22-,23+,25?. The Morgan fingerprint density at radius 3 is 2.09 bits per heavy atom. The van der Waals surface area contributed by atoms with Gasteiger partial charge in [0.25, 0.3) is 0 Å². The van der Waals surface area contributed by atoms with Gasteiger partial charge in [0.05, 0.1) is 6.42 Å². The third-order valence-electron chi connectivity index (χ3n) is 8.76. The Balaban J connectivity index is 1.12. The predicted molar refractivity (Wildman–Crippen MR) is 129 cm³/mol. The van der Waals surface area contributed by atoms with Crippen molar-refractivity contribution in [3.05, 3.63) is 59.7 Å². The second-order valence-corrected chi connectivity index (χ2v) is 10.5. The fraction of sp³-hybridized carbons (Fsp3) is 0.464. The third-order valence-corrected chi connectivity index (χ3v) is 8.76. The number of hydrogen-bond donors (Lipinski definition) is 2. The highest BCUT2D eigenvalue weighted by Gasteiger charge is 2.52. The van der Waals surface area contributed by atoms with E-state index in [2.05, 4.69) is 17.4 Å². The van der Waals surface area contributed by atoms with Crippen LogP contribution in [0.25, 0.3) is 11.1 Å². The molecule has 6 rings (SSSR count). The van der Waals surface area contributed by atoms with Gasteiger partial charge in [-0.2, -0.15) is 0 Å². The van der Waals surface area contributed by atoms with Crippen molar-refractivity contribution in [1.29, 1.82) is 0 Å². The highest BCUT2D eigenvalue weighted by molar-refractivity contribution is 5.89. The molecule has 1 saturated heterocycles. The van der Waals surface area contributed by atoms with Gasteiger partial charge in [-0.3, -0.25) is 9.59 Å². The molecule has 3 unspecified atom stereocenters. The van der Waals surface area contributed by atoms with Gasteiger partial charge in [-0.1, -0.05) is 48.5 Å². The third kappa shape index (κ3) is 3.87. The normalized spacial score (nSPS) is 26.7. The average Bonchev–Trinajstić information content (AvgIpc) is 3.62. The molecule has 0 radical (unpaired) electrons. The Kier molecular flexibility index (Phi) is 5.50. The van der Waals surface area contributed by atoms with Crippen LogP contribution in [0, 0.1) is 23.7 Å². The summed E-state index contributed by atoms with van der Waals surface area (Å²) in [5.41, 5.74) is 4.45. The van der Waals surface area contributed by atoms with Crippen molar-refractivity contribution in [2.45, 2.75) is 37.6 Å². The number of alkyl carbamates (subject to hydrolysis) is 1. The number of aliphatic carboxylic acids is 1. The number of carboxylic acids is 1. The molecule has 0 spiro atoms. The maximum Gasteiger partial charge on any atom is 0.407 e. The van der Waals surface area contributed by atoms with E-state index in [1.165, 1.54) is 19.3 Å². The first kappa shape index (κ1) is 22.1. The summed E-state index contributed by atoms with van der Waals surface area (Å²) in [6.45, 7) is 1.46. The molecule has 2 saturated carbocycles. The number of carbonyl (C=O) groups excluding carboxylic acids is 2. The Morgan fingerprint density at radius 2 is 1.51 bits per heavy atom. The average molecular weight is 475 g/mol. The van der Waals surface area contributed by atoms with E-state index in [1.807, 2.05) is 36.4 Å². The zero-order valence-electron chi connectivity index (χ0n) is 19.6. The van der Waals surface area contributed by atoms with Crippen LogP contribution in [0.1, 0.15) is 42.7 Å². The van der Waals surface area contributed by atoms with Gasteiger partial charge in [-0.25, -0.2) is 4.79 Å². The zero-order valence-corrected chi connectivity index (χ0v) is 19.6. The summed E-state index contributed by atoms with van der Waals surface area (Å²) in [5, 5.41) is 12.0. The molecule has 1 aliphatic heterocycles. The first-order valence-electron chi connectivity index (χ1n) is 12.6. The van der Waals surface area contributed by atoms with Crippen molar-refractivity contribution in [2.24, 2.45) is 23.7 Å². The number of carboxylic acid groups (broad SMARTS) is 1. The number of fused-ring (bicyclic) bond motifs is 8. The van der Waals surface area contributed by atoms with Gasteiger partial charge in [-0.15, -0.1) is 0 Å². The molecule has 5 atom stereocenters. The minimum absolute atomic E-state index is 0.102. The van der Waals surface area contributed by atoms with Crippen LogP contribution in [0.5, 0.6) is 0 Å². The van der Waals surface area contributed by atoms with Crippen molar-refractivity contribution >= 4 is 18.0 Å². The summed E-state index contributed by atoms with van der Waals surface area (Å²) in [7, 11) is 0. The Bertz CT molecular complexity index is 1120. The number of carbonyl (C=O) groups is 3. The summed E-state index contributed by atoms with van der Waals surface area (Å²) in [5.74, 6) is 0.897. The molecule has 2 bridgehead atoms. The van der Waals surface area contributed by atoms with E-state index < -0.39 is 24.5 Å². The van der Waals surface area contributed by atoms with Crippen molar-refractivity contribution in [2.75, 3.05) is 19.7 Å². The molecule has 7 nitrogen and oxygen atoms in total. The van der Waals surface area contributed by atoms with Gasteiger partial charge in [0.15, 0.2) is 0 Å². The number of nitrogens with zero attached hydrogens (tertiary/aromatic N) is 1. The van der Waals surface area contributed by atoms with Gasteiger partial charge < -0.3 is 20.1 Å². The van der Waals surface area contributed by atoms with Crippen molar-refractivity contribution in [3.8, 4) is 11.1 Å². The molecule has 7 heteroatoms. The SMILES string of the molecule is O=C(O)CC(NC(=O)OCC1c2ccccc2-c2ccccc21)C(=O)N1C[C@@H]2C3CCC(C3)[C@@H]2C1. The molecule has 1 heterocycles. The van der Waals surface area contributed by atoms with E-state index in [-0.39, 0.29) is 18.4 Å². The van der Waals surface area contributed by atoms with Crippen LogP contribution in [0.2, 0.25) is 0 Å². The number of ether oxygens (including phenoxy) is 1. The molecule has 2 amide bonds. The first-order chi connectivity index (χ1) is 17.0. The van der Waals surface area contributed by atoms with E-state index >= 15 is 0 Å².